The van der Waals surface area contributed by atoms with E-state index in [2.05, 4.69) is 5.10 Å². The first-order valence-electron chi connectivity index (χ1n) is 4.42. The second-order valence-electron chi connectivity index (χ2n) is 3.13. The molecule has 0 fully saturated rings. The molecule has 2 rings (SSSR count). The van der Waals surface area contributed by atoms with Crippen LogP contribution in [-0.4, -0.2) is 16.9 Å². The molecule has 0 unspecified atom stereocenters. The minimum absolute atomic E-state index is 0.867. The molecular weight excluding hydrogens is 176 g/mol. The lowest BCUT2D eigenvalue weighted by molar-refractivity contribution is 0.415. The third kappa shape index (κ3) is 1.62. The van der Waals surface area contributed by atoms with Gasteiger partial charge in [0.2, 0.25) is 0 Å². The SMILES string of the molecule is COc1cccc(-c2cnn(C)c2)c1. The van der Waals surface area contributed by atoms with Crippen molar-refractivity contribution in [3.05, 3.63) is 36.7 Å². The Balaban J connectivity index is 2.41. The number of ether oxygens (including phenoxy) is 1. The summed E-state index contributed by atoms with van der Waals surface area (Å²) in [5.74, 6) is 0.867. The highest BCUT2D eigenvalue weighted by atomic mass is 16.5. The Hall–Kier alpha value is -1.77. The molecule has 0 saturated heterocycles. The first kappa shape index (κ1) is 8.81. The molecule has 3 nitrogen and oxygen atoms in total. The van der Waals surface area contributed by atoms with Crippen molar-refractivity contribution in [2.45, 2.75) is 0 Å². The number of hydrogen-bond donors (Lipinski definition) is 0. The molecule has 0 atom stereocenters. The van der Waals surface area contributed by atoms with Gasteiger partial charge in [-0.15, -0.1) is 0 Å². The number of rotatable bonds is 2. The van der Waals surface area contributed by atoms with Crippen molar-refractivity contribution in [1.29, 1.82) is 0 Å². The summed E-state index contributed by atoms with van der Waals surface area (Å²) in [6.07, 6.45) is 3.82. The highest BCUT2D eigenvalue weighted by Gasteiger charge is 2.00. The van der Waals surface area contributed by atoms with Crippen LogP contribution in [-0.2, 0) is 7.05 Å². The predicted molar refractivity (Wildman–Crippen MR) is 55.2 cm³/mol. The molecule has 0 aliphatic heterocycles. The zero-order valence-electron chi connectivity index (χ0n) is 8.27. The molecule has 1 aromatic carbocycles. The molecule has 0 amide bonds. The highest BCUT2D eigenvalue weighted by molar-refractivity contribution is 5.63. The van der Waals surface area contributed by atoms with Gasteiger partial charge in [-0.1, -0.05) is 12.1 Å². The molecule has 0 aliphatic carbocycles. The Morgan fingerprint density at radius 2 is 2.14 bits per heavy atom. The average molecular weight is 188 g/mol. The van der Waals surface area contributed by atoms with Crippen molar-refractivity contribution in [2.75, 3.05) is 7.11 Å². The second kappa shape index (κ2) is 3.54. The van der Waals surface area contributed by atoms with E-state index in [-0.39, 0.29) is 0 Å². The summed E-state index contributed by atoms with van der Waals surface area (Å²) in [7, 11) is 3.58. The van der Waals surface area contributed by atoms with E-state index in [1.807, 2.05) is 43.7 Å². The van der Waals surface area contributed by atoms with Gasteiger partial charge in [0.1, 0.15) is 5.75 Å². The van der Waals surface area contributed by atoms with Gasteiger partial charge < -0.3 is 4.74 Å². The molecule has 0 radical (unpaired) electrons. The molecule has 0 aliphatic rings. The second-order valence-corrected chi connectivity index (χ2v) is 3.13. The predicted octanol–water partition coefficient (Wildman–Crippen LogP) is 2.10. The quantitative estimate of drug-likeness (QED) is 0.721. The molecule has 72 valence electrons. The maximum atomic E-state index is 5.16. The first-order valence-corrected chi connectivity index (χ1v) is 4.42. The third-order valence-corrected chi connectivity index (χ3v) is 2.11. The molecule has 0 spiro atoms. The summed E-state index contributed by atoms with van der Waals surface area (Å²) in [6, 6.07) is 7.94. The van der Waals surface area contributed by atoms with Crippen molar-refractivity contribution in [1.82, 2.24) is 9.78 Å². The van der Waals surface area contributed by atoms with E-state index < -0.39 is 0 Å². The van der Waals surface area contributed by atoms with Gasteiger partial charge in [-0.2, -0.15) is 5.10 Å². The smallest absolute Gasteiger partial charge is 0.119 e. The fraction of sp³-hybridized carbons (Fsp3) is 0.182. The molecular formula is C11H12N2O. The van der Waals surface area contributed by atoms with Crippen molar-refractivity contribution >= 4 is 0 Å². The summed E-state index contributed by atoms with van der Waals surface area (Å²) in [4.78, 5) is 0. The summed E-state index contributed by atoms with van der Waals surface area (Å²) in [5, 5.41) is 4.12. The minimum atomic E-state index is 0.867. The Morgan fingerprint density at radius 3 is 2.79 bits per heavy atom. The minimum Gasteiger partial charge on any atom is -0.497 e. The number of methoxy groups -OCH3 is 1. The number of nitrogens with zero attached hydrogens (tertiary/aromatic N) is 2. The van der Waals surface area contributed by atoms with Crippen LogP contribution in [0.1, 0.15) is 0 Å². The maximum absolute atomic E-state index is 5.16. The Bertz CT molecular complexity index is 434. The molecule has 0 saturated carbocycles. The standard InChI is InChI=1S/C11H12N2O/c1-13-8-10(7-12-13)9-4-3-5-11(6-9)14-2/h3-8H,1-2H3. The summed E-state index contributed by atoms with van der Waals surface area (Å²) in [5.41, 5.74) is 2.23. The van der Waals surface area contributed by atoms with Crippen LogP contribution < -0.4 is 4.74 Å². The van der Waals surface area contributed by atoms with Gasteiger partial charge in [-0.25, -0.2) is 0 Å². The fourth-order valence-corrected chi connectivity index (χ4v) is 1.37. The fourth-order valence-electron chi connectivity index (χ4n) is 1.37. The monoisotopic (exact) mass is 188 g/mol. The van der Waals surface area contributed by atoms with Crippen LogP contribution >= 0.6 is 0 Å². The maximum Gasteiger partial charge on any atom is 0.119 e. The van der Waals surface area contributed by atoms with Crippen molar-refractivity contribution in [3.63, 3.8) is 0 Å². The summed E-state index contributed by atoms with van der Waals surface area (Å²) >= 11 is 0. The van der Waals surface area contributed by atoms with Gasteiger partial charge in [-0.05, 0) is 17.7 Å². The lowest BCUT2D eigenvalue weighted by Crippen LogP contribution is -1.84. The van der Waals surface area contributed by atoms with E-state index in [0.29, 0.717) is 0 Å². The lowest BCUT2D eigenvalue weighted by Gasteiger charge is -2.01. The van der Waals surface area contributed by atoms with E-state index in [1.54, 1.807) is 11.8 Å². The number of aryl methyl sites for hydroxylation is 1. The van der Waals surface area contributed by atoms with Gasteiger partial charge in [0, 0.05) is 18.8 Å². The van der Waals surface area contributed by atoms with Crippen LogP contribution in [0.3, 0.4) is 0 Å². The topological polar surface area (TPSA) is 27.1 Å². The largest absolute Gasteiger partial charge is 0.497 e. The van der Waals surface area contributed by atoms with Gasteiger partial charge >= 0.3 is 0 Å². The summed E-state index contributed by atoms with van der Waals surface area (Å²) < 4.78 is 6.94. The average Bonchev–Trinajstić information content (AvgIpc) is 2.65. The molecule has 3 heteroatoms. The Labute approximate surface area is 82.9 Å². The molecule has 1 heterocycles. The number of aromatic nitrogens is 2. The highest BCUT2D eigenvalue weighted by Crippen LogP contribution is 2.22. The summed E-state index contributed by atoms with van der Waals surface area (Å²) in [6.45, 7) is 0. The Kier molecular flexibility index (Phi) is 2.23. The van der Waals surface area contributed by atoms with Crippen LogP contribution in [0.15, 0.2) is 36.7 Å². The van der Waals surface area contributed by atoms with Crippen molar-refractivity contribution < 1.29 is 4.74 Å². The normalized spacial score (nSPS) is 10.1. The molecule has 14 heavy (non-hydrogen) atoms. The number of hydrogen-bond acceptors (Lipinski definition) is 2. The molecule has 1 aromatic heterocycles. The van der Waals surface area contributed by atoms with Crippen LogP contribution in [0.25, 0.3) is 11.1 Å². The van der Waals surface area contributed by atoms with Gasteiger partial charge in [0.15, 0.2) is 0 Å². The van der Waals surface area contributed by atoms with E-state index >= 15 is 0 Å². The van der Waals surface area contributed by atoms with Gasteiger partial charge in [0.25, 0.3) is 0 Å². The van der Waals surface area contributed by atoms with Gasteiger partial charge in [-0.3, -0.25) is 4.68 Å². The zero-order valence-corrected chi connectivity index (χ0v) is 8.27. The van der Waals surface area contributed by atoms with Crippen LogP contribution in [0.5, 0.6) is 5.75 Å². The van der Waals surface area contributed by atoms with E-state index in [1.165, 1.54) is 0 Å². The van der Waals surface area contributed by atoms with Crippen LogP contribution in [0.2, 0.25) is 0 Å². The van der Waals surface area contributed by atoms with Crippen LogP contribution in [0.4, 0.5) is 0 Å². The van der Waals surface area contributed by atoms with E-state index in [0.717, 1.165) is 16.9 Å². The molecule has 0 bridgehead atoms. The van der Waals surface area contributed by atoms with E-state index in [9.17, 15) is 0 Å². The molecule has 2 aromatic rings. The van der Waals surface area contributed by atoms with Crippen LogP contribution in [0, 0.1) is 0 Å². The van der Waals surface area contributed by atoms with Gasteiger partial charge in [0.05, 0.1) is 13.3 Å². The Morgan fingerprint density at radius 1 is 1.29 bits per heavy atom. The molecule has 0 N–H and O–H groups in total. The lowest BCUT2D eigenvalue weighted by atomic mass is 10.1. The van der Waals surface area contributed by atoms with E-state index in [4.69, 9.17) is 4.74 Å². The van der Waals surface area contributed by atoms with Crippen molar-refractivity contribution in [2.24, 2.45) is 7.05 Å². The third-order valence-electron chi connectivity index (χ3n) is 2.11. The van der Waals surface area contributed by atoms with Crippen molar-refractivity contribution in [3.8, 4) is 16.9 Å². The zero-order chi connectivity index (χ0) is 9.97. The number of benzene rings is 1. The first-order chi connectivity index (χ1) is 6.79.